The highest BCUT2D eigenvalue weighted by Gasteiger charge is 2.31. The monoisotopic (exact) mass is 291 g/mol. The molecule has 0 spiro atoms. The molecule has 1 saturated carbocycles. The molecule has 0 radical (unpaired) electrons. The lowest BCUT2D eigenvalue weighted by atomic mass is 9.94. The van der Waals surface area contributed by atoms with E-state index in [9.17, 15) is 14.7 Å². The number of aliphatic carboxylic acids is 1. The molecule has 2 unspecified atom stereocenters. The summed E-state index contributed by atoms with van der Waals surface area (Å²) in [4.78, 5) is 23.8. The molecule has 2 rings (SSSR count). The van der Waals surface area contributed by atoms with E-state index in [1.807, 2.05) is 0 Å². The van der Waals surface area contributed by atoms with E-state index in [2.05, 4.69) is 5.32 Å². The molecule has 0 aliphatic heterocycles. The highest BCUT2D eigenvalue weighted by molar-refractivity contribution is 5.97. The van der Waals surface area contributed by atoms with Gasteiger partial charge in [0.2, 0.25) is 0 Å². The predicted octanol–water partition coefficient (Wildman–Crippen LogP) is 2.46. The zero-order valence-corrected chi connectivity index (χ0v) is 12.2. The Labute approximate surface area is 124 Å². The number of nitrogens with one attached hydrogen (secondary N) is 1. The number of carbonyl (C=O) groups excluding carboxylic acids is 1. The molecule has 1 fully saturated rings. The summed E-state index contributed by atoms with van der Waals surface area (Å²) in [6, 6.07) is 6.64. The van der Waals surface area contributed by atoms with Crippen molar-refractivity contribution in [3.05, 3.63) is 29.8 Å². The predicted molar refractivity (Wildman–Crippen MR) is 78.5 cm³/mol. The Bertz CT molecular complexity index is 515. The van der Waals surface area contributed by atoms with Gasteiger partial charge in [-0.3, -0.25) is 9.59 Å². The van der Waals surface area contributed by atoms with Crippen molar-refractivity contribution in [2.45, 2.75) is 38.1 Å². The number of hydrogen-bond acceptors (Lipinski definition) is 3. The molecular formula is C16H21NO4. The third-order valence-electron chi connectivity index (χ3n) is 4.00. The van der Waals surface area contributed by atoms with Crippen LogP contribution in [0.15, 0.2) is 24.3 Å². The first-order valence-corrected chi connectivity index (χ1v) is 7.30. The normalized spacial score (nSPS) is 22.1. The Morgan fingerprint density at radius 1 is 1.19 bits per heavy atom. The number of amides is 1. The molecule has 5 heteroatoms. The molecule has 1 aromatic rings. The summed E-state index contributed by atoms with van der Waals surface area (Å²) in [5.74, 6) is -1.12. The standard InChI is InChI=1S/C16H21NO4/c1-21-14-10-6-5-8-12(14)15(18)17-13-9-4-2-3-7-11(13)16(19)20/h5-6,8,10-11,13H,2-4,7,9H2,1H3,(H,17,18)(H,19,20). The van der Waals surface area contributed by atoms with Gasteiger partial charge in [0.15, 0.2) is 0 Å². The number of para-hydroxylation sites is 1. The van der Waals surface area contributed by atoms with E-state index in [1.165, 1.54) is 7.11 Å². The van der Waals surface area contributed by atoms with Gasteiger partial charge in [0.1, 0.15) is 5.75 Å². The molecule has 2 atom stereocenters. The van der Waals surface area contributed by atoms with Crippen molar-refractivity contribution in [1.82, 2.24) is 5.32 Å². The number of carbonyl (C=O) groups is 2. The van der Waals surface area contributed by atoms with E-state index in [0.29, 0.717) is 24.2 Å². The minimum Gasteiger partial charge on any atom is -0.496 e. The van der Waals surface area contributed by atoms with Gasteiger partial charge in [-0.05, 0) is 25.0 Å². The van der Waals surface area contributed by atoms with Crippen LogP contribution in [0.1, 0.15) is 42.5 Å². The zero-order chi connectivity index (χ0) is 15.2. The first-order chi connectivity index (χ1) is 10.1. The van der Waals surface area contributed by atoms with Gasteiger partial charge in [0.25, 0.3) is 5.91 Å². The molecule has 1 aliphatic rings. The van der Waals surface area contributed by atoms with E-state index >= 15 is 0 Å². The summed E-state index contributed by atoms with van der Waals surface area (Å²) in [5.41, 5.74) is 0.438. The third kappa shape index (κ3) is 3.74. The van der Waals surface area contributed by atoms with Gasteiger partial charge in [-0.1, -0.05) is 31.4 Å². The lowest BCUT2D eigenvalue weighted by Gasteiger charge is -2.23. The molecule has 1 aliphatic carbocycles. The Morgan fingerprint density at radius 2 is 1.90 bits per heavy atom. The fourth-order valence-corrected chi connectivity index (χ4v) is 2.85. The number of hydrogen-bond donors (Lipinski definition) is 2. The van der Waals surface area contributed by atoms with Crippen LogP contribution in [-0.2, 0) is 4.79 Å². The summed E-state index contributed by atoms with van der Waals surface area (Å²) in [7, 11) is 1.51. The minimum atomic E-state index is -0.831. The average Bonchev–Trinajstić information content (AvgIpc) is 2.72. The van der Waals surface area contributed by atoms with Gasteiger partial charge in [-0.15, -0.1) is 0 Å². The second-order valence-electron chi connectivity index (χ2n) is 5.36. The molecule has 1 amide bonds. The van der Waals surface area contributed by atoms with Crippen LogP contribution in [0, 0.1) is 5.92 Å². The first kappa shape index (κ1) is 15.4. The van der Waals surface area contributed by atoms with Crippen LogP contribution in [0.5, 0.6) is 5.75 Å². The van der Waals surface area contributed by atoms with Crippen molar-refractivity contribution in [3.63, 3.8) is 0 Å². The number of ether oxygens (including phenoxy) is 1. The number of methoxy groups -OCH3 is 1. The molecule has 2 N–H and O–H groups in total. The maximum Gasteiger partial charge on any atom is 0.308 e. The molecule has 21 heavy (non-hydrogen) atoms. The van der Waals surface area contributed by atoms with Crippen LogP contribution in [0.2, 0.25) is 0 Å². The quantitative estimate of drug-likeness (QED) is 0.836. The number of carboxylic acids is 1. The lowest BCUT2D eigenvalue weighted by molar-refractivity contribution is -0.142. The summed E-state index contributed by atoms with van der Waals surface area (Å²) in [5, 5.41) is 12.2. The van der Waals surface area contributed by atoms with Gasteiger partial charge in [-0.2, -0.15) is 0 Å². The van der Waals surface area contributed by atoms with Gasteiger partial charge >= 0.3 is 5.97 Å². The van der Waals surface area contributed by atoms with Crippen molar-refractivity contribution < 1.29 is 19.4 Å². The Hall–Kier alpha value is -2.04. The maximum atomic E-state index is 12.4. The number of rotatable bonds is 4. The highest BCUT2D eigenvalue weighted by atomic mass is 16.5. The van der Waals surface area contributed by atoms with E-state index in [4.69, 9.17) is 4.74 Å². The van der Waals surface area contributed by atoms with E-state index in [0.717, 1.165) is 19.3 Å². The molecular weight excluding hydrogens is 270 g/mol. The van der Waals surface area contributed by atoms with Crippen LogP contribution in [0.3, 0.4) is 0 Å². The molecule has 0 saturated heterocycles. The van der Waals surface area contributed by atoms with Crippen molar-refractivity contribution >= 4 is 11.9 Å². The summed E-state index contributed by atoms with van der Waals surface area (Å²) < 4.78 is 5.18. The molecule has 0 heterocycles. The topological polar surface area (TPSA) is 75.6 Å². The smallest absolute Gasteiger partial charge is 0.308 e. The third-order valence-corrected chi connectivity index (χ3v) is 4.00. The maximum absolute atomic E-state index is 12.4. The minimum absolute atomic E-state index is 0.273. The molecule has 1 aromatic carbocycles. The van der Waals surface area contributed by atoms with Crippen LogP contribution < -0.4 is 10.1 Å². The van der Waals surface area contributed by atoms with Crippen LogP contribution in [0.4, 0.5) is 0 Å². The van der Waals surface area contributed by atoms with Gasteiger partial charge < -0.3 is 15.2 Å². The van der Waals surface area contributed by atoms with Gasteiger partial charge in [0.05, 0.1) is 18.6 Å². The largest absolute Gasteiger partial charge is 0.496 e. The molecule has 114 valence electrons. The van der Waals surface area contributed by atoms with Crippen LogP contribution in [0.25, 0.3) is 0 Å². The fourth-order valence-electron chi connectivity index (χ4n) is 2.85. The van der Waals surface area contributed by atoms with E-state index in [1.54, 1.807) is 24.3 Å². The van der Waals surface area contributed by atoms with Gasteiger partial charge in [-0.25, -0.2) is 0 Å². The molecule has 0 aromatic heterocycles. The van der Waals surface area contributed by atoms with Crippen molar-refractivity contribution in [2.24, 2.45) is 5.92 Å². The second kappa shape index (κ2) is 7.11. The first-order valence-electron chi connectivity index (χ1n) is 7.30. The SMILES string of the molecule is COc1ccccc1C(=O)NC1CCCCCC1C(=O)O. The summed E-state index contributed by atoms with van der Waals surface area (Å²) >= 11 is 0. The van der Waals surface area contributed by atoms with Crippen LogP contribution >= 0.6 is 0 Å². The van der Waals surface area contributed by atoms with Crippen molar-refractivity contribution in [2.75, 3.05) is 7.11 Å². The van der Waals surface area contributed by atoms with Crippen molar-refractivity contribution in [1.29, 1.82) is 0 Å². The summed E-state index contributed by atoms with van der Waals surface area (Å²) in [6.45, 7) is 0. The van der Waals surface area contributed by atoms with E-state index < -0.39 is 11.9 Å². The Morgan fingerprint density at radius 3 is 2.62 bits per heavy atom. The summed E-state index contributed by atoms with van der Waals surface area (Å²) in [6.07, 6.45) is 4.19. The lowest BCUT2D eigenvalue weighted by Crippen LogP contribution is -2.42. The van der Waals surface area contributed by atoms with Gasteiger partial charge in [0, 0.05) is 6.04 Å². The zero-order valence-electron chi connectivity index (χ0n) is 12.2. The highest BCUT2D eigenvalue weighted by Crippen LogP contribution is 2.25. The molecule has 5 nitrogen and oxygen atoms in total. The molecule has 0 bridgehead atoms. The fraction of sp³-hybridized carbons (Fsp3) is 0.500. The number of benzene rings is 1. The Balaban J connectivity index is 2.14. The van der Waals surface area contributed by atoms with Crippen molar-refractivity contribution in [3.8, 4) is 5.75 Å². The number of carboxylic acid groups (broad SMARTS) is 1. The Kier molecular flexibility index (Phi) is 5.20. The second-order valence-corrected chi connectivity index (χ2v) is 5.36. The van der Waals surface area contributed by atoms with Crippen LogP contribution in [-0.4, -0.2) is 30.1 Å². The van der Waals surface area contributed by atoms with E-state index in [-0.39, 0.29) is 11.9 Å². The average molecular weight is 291 g/mol.